The maximum absolute atomic E-state index is 11.3. The van der Waals surface area contributed by atoms with Crippen molar-refractivity contribution in [3.05, 3.63) is 28.2 Å². The predicted molar refractivity (Wildman–Crippen MR) is 64.8 cm³/mol. The summed E-state index contributed by atoms with van der Waals surface area (Å²) in [6, 6.07) is 3.68. The first-order valence-electron chi connectivity index (χ1n) is 5.62. The third kappa shape index (κ3) is 1.64. The molecule has 0 aliphatic rings. The summed E-state index contributed by atoms with van der Waals surface area (Å²) < 4.78 is 1.96. The monoisotopic (exact) mass is 219 g/mol. The highest BCUT2D eigenvalue weighted by molar-refractivity contribution is 5.77. The molecule has 0 aliphatic heterocycles. The number of pyridine rings is 1. The molecule has 0 atom stereocenters. The minimum atomic E-state index is -0.0716. The SMILES string of the molecule is CC(C)c1nn(C(C)C)c2ccc(=O)[nH]c12. The Bertz CT molecular complexity index is 563. The Kier molecular flexibility index (Phi) is 2.58. The van der Waals surface area contributed by atoms with Crippen LogP contribution in [0.2, 0.25) is 0 Å². The lowest BCUT2D eigenvalue weighted by atomic mass is 10.1. The molecule has 0 fully saturated rings. The molecule has 0 radical (unpaired) electrons. The lowest BCUT2D eigenvalue weighted by Crippen LogP contribution is -2.05. The summed E-state index contributed by atoms with van der Waals surface area (Å²) in [6.45, 7) is 8.33. The van der Waals surface area contributed by atoms with Gasteiger partial charge in [-0.2, -0.15) is 5.10 Å². The van der Waals surface area contributed by atoms with Gasteiger partial charge in [-0.05, 0) is 25.8 Å². The van der Waals surface area contributed by atoms with Gasteiger partial charge in [0, 0.05) is 12.1 Å². The second-order valence-corrected chi connectivity index (χ2v) is 4.66. The van der Waals surface area contributed by atoms with Crippen molar-refractivity contribution in [1.82, 2.24) is 14.8 Å². The number of hydrogen-bond acceptors (Lipinski definition) is 2. The number of rotatable bonds is 2. The van der Waals surface area contributed by atoms with Gasteiger partial charge in [0.2, 0.25) is 5.56 Å². The molecule has 86 valence electrons. The molecule has 2 rings (SSSR count). The Labute approximate surface area is 94.3 Å². The summed E-state index contributed by atoms with van der Waals surface area (Å²) >= 11 is 0. The van der Waals surface area contributed by atoms with E-state index < -0.39 is 0 Å². The van der Waals surface area contributed by atoms with Crippen LogP contribution in [0, 0.1) is 0 Å². The van der Waals surface area contributed by atoms with Crippen LogP contribution in [0.15, 0.2) is 16.9 Å². The average Bonchev–Trinajstić information content (AvgIpc) is 2.56. The van der Waals surface area contributed by atoms with E-state index in [0.717, 1.165) is 16.7 Å². The van der Waals surface area contributed by atoms with E-state index in [2.05, 4.69) is 37.8 Å². The maximum atomic E-state index is 11.3. The number of aromatic amines is 1. The molecule has 2 heterocycles. The standard InChI is InChI=1S/C12H17N3O/c1-7(2)11-12-9(5-6-10(16)13-12)15(14-11)8(3)4/h5-8H,1-4H3,(H,13,16). The predicted octanol–water partition coefficient (Wildman–Crippen LogP) is 2.43. The van der Waals surface area contributed by atoms with Gasteiger partial charge in [-0.3, -0.25) is 9.48 Å². The van der Waals surface area contributed by atoms with Gasteiger partial charge in [0.15, 0.2) is 0 Å². The fourth-order valence-electron chi connectivity index (χ4n) is 1.87. The van der Waals surface area contributed by atoms with Crippen molar-refractivity contribution in [3.8, 4) is 0 Å². The van der Waals surface area contributed by atoms with Crippen molar-refractivity contribution in [2.45, 2.75) is 39.7 Å². The van der Waals surface area contributed by atoms with Gasteiger partial charge in [0.1, 0.15) is 0 Å². The molecule has 16 heavy (non-hydrogen) atoms. The Hall–Kier alpha value is -1.58. The zero-order valence-electron chi connectivity index (χ0n) is 10.1. The van der Waals surface area contributed by atoms with E-state index in [9.17, 15) is 4.79 Å². The highest BCUT2D eigenvalue weighted by Crippen LogP contribution is 2.24. The van der Waals surface area contributed by atoms with Crippen LogP contribution < -0.4 is 5.56 Å². The number of nitrogens with one attached hydrogen (secondary N) is 1. The number of H-pyrrole nitrogens is 1. The molecular weight excluding hydrogens is 202 g/mol. The molecule has 0 aromatic carbocycles. The van der Waals surface area contributed by atoms with Crippen LogP contribution in [-0.2, 0) is 0 Å². The lowest BCUT2D eigenvalue weighted by Gasteiger charge is -2.06. The zero-order valence-corrected chi connectivity index (χ0v) is 10.1. The van der Waals surface area contributed by atoms with Crippen molar-refractivity contribution in [1.29, 1.82) is 0 Å². The summed E-state index contributed by atoms with van der Waals surface area (Å²) in [5, 5.41) is 4.58. The minimum absolute atomic E-state index is 0.0716. The van der Waals surface area contributed by atoms with Gasteiger partial charge >= 0.3 is 0 Å². The first kappa shape index (κ1) is 10.9. The van der Waals surface area contributed by atoms with Crippen molar-refractivity contribution in [2.75, 3.05) is 0 Å². The molecule has 0 amide bonds. The summed E-state index contributed by atoms with van der Waals surface area (Å²) in [6.07, 6.45) is 0. The quantitative estimate of drug-likeness (QED) is 0.843. The van der Waals surface area contributed by atoms with Gasteiger partial charge in [0.25, 0.3) is 0 Å². The van der Waals surface area contributed by atoms with E-state index >= 15 is 0 Å². The molecular formula is C12H17N3O. The number of aromatic nitrogens is 3. The van der Waals surface area contributed by atoms with E-state index in [-0.39, 0.29) is 5.56 Å². The van der Waals surface area contributed by atoms with Crippen LogP contribution in [0.3, 0.4) is 0 Å². The summed E-state index contributed by atoms with van der Waals surface area (Å²) in [4.78, 5) is 14.2. The Morgan fingerprint density at radius 1 is 1.25 bits per heavy atom. The topological polar surface area (TPSA) is 50.7 Å². The summed E-state index contributed by atoms with van der Waals surface area (Å²) in [7, 11) is 0. The van der Waals surface area contributed by atoms with Crippen molar-refractivity contribution >= 4 is 11.0 Å². The third-order valence-electron chi connectivity index (χ3n) is 2.65. The summed E-state index contributed by atoms with van der Waals surface area (Å²) in [5.41, 5.74) is 2.76. The molecule has 0 saturated carbocycles. The summed E-state index contributed by atoms with van der Waals surface area (Å²) in [5.74, 6) is 0.306. The van der Waals surface area contributed by atoms with Gasteiger partial charge in [-0.25, -0.2) is 0 Å². The van der Waals surface area contributed by atoms with Crippen LogP contribution >= 0.6 is 0 Å². The van der Waals surface area contributed by atoms with Crippen molar-refractivity contribution < 1.29 is 0 Å². The van der Waals surface area contributed by atoms with Gasteiger partial charge in [0.05, 0.1) is 16.7 Å². The number of fused-ring (bicyclic) bond motifs is 1. The van der Waals surface area contributed by atoms with E-state index in [1.54, 1.807) is 6.07 Å². The molecule has 0 unspecified atom stereocenters. The third-order valence-corrected chi connectivity index (χ3v) is 2.65. The molecule has 0 spiro atoms. The minimum Gasteiger partial charge on any atom is -0.319 e. The Morgan fingerprint density at radius 3 is 2.50 bits per heavy atom. The normalized spacial score (nSPS) is 11.9. The van der Waals surface area contributed by atoms with Gasteiger partial charge in [-0.1, -0.05) is 13.8 Å². The van der Waals surface area contributed by atoms with Gasteiger partial charge < -0.3 is 4.98 Å². The smallest absolute Gasteiger partial charge is 0.248 e. The largest absolute Gasteiger partial charge is 0.319 e. The Morgan fingerprint density at radius 2 is 1.94 bits per heavy atom. The fourth-order valence-corrected chi connectivity index (χ4v) is 1.87. The van der Waals surface area contributed by atoms with E-state index in [0.29, 0.717) is 12.0 Å². The number of nitrogens with zero attached hydrogens (tertiary/aromatic N) is 2. The average molecular weight is 219 g/mol. The van der Waals surface area contributed by atoms with E-state index in [1.165, 1.54) is 0 Å². The highest BCUT2D eigenvalue weighted by Gasteiger charge is 2.15. The molecule has 0 aliphatic carbocycles. The highest BCUT2D eigenvalue weighted by atomic mass is 16.1. The molecule has 0 saturated heterocycles. The van der Waals surface area contributed by atoms with E-state index in [4.69, 9.17) is 0 Å². The zero-order chi connectivity index (χ0) is 11.9. The van der Waals surface area contributed by atoms with E-state index in [1.807, 2.05) is 10.7 Å². The molecule has 4 nitrogen and oxygen atoms in total. The molecule has 2 aromatic rings. The van der Waals surface area contributed by atoms with Crippen LogP contribution in [0.1, 0.15) is 45.3 Å². The van der Waals surface area contributed by atoms with Gasteiger partial charge in [-0.15, -0.1) is 0 Å². The lowest BCUT2D eigenvalue weighted by molar-refractivity contribution is 0.539. The van der Waals surface area contributed by atoms with Crippen molar-refractivity contribution in [2.24, 2.45) is 0 Å². The second kappa shape index (κ2) is 3.77. The second-order valence-electron chi connectivity index (χ2n) is 4.66. The molecule has 0 bridgehead atoms. The Balaban J connectivity index is 2.81. The van der Waals surface area contributed by atoms with Crippen LogP contribution in [0.4, 0.5) is 0 Å². The maximum Gasteiger partial charge on any atom is 0.248 e. The first-order chi connectivity index (χ1) is 7.50. The van der Waals surface area contributed by atoms with Crippen LogP contribution in [0.5, 0.6) is 0 Å². The number of hydrogen-bond donors (Lipinski definition) is 1. The first-order valence-corrected chi connectivity index (χ1v) is 5.62. The fraction of sp³-hybridized carbons (Fsp3) is 0.500. The molecule has 4 heteroatoms. The molecule has 2 aromatic heterocycles. The molecule has 1 N–H and O–H groups in total. The van der Waals surface area contributed by atoms with Crippen LogP contribution in [-0.4, -0.2) is 14.8 Å². The van der Waals surface area contributed by atoms with Crippen molar-refractivity contribution in [3.63, 3.8) is 0 Å². The van der Waals surface area contributed by atoms with Crippen LogP contribution in [0.25, 0.3) is 11.0 Å².